The van der Waals surface area contributed by atoms with Crippen molar-refractivity contribution in [2.75, 3.05) is 11.5 Å². The van der Waals surface area contributed by atoms with Gasteiger partial charge in [0, 0.05) is 17.8 Å². The number of nitro benzene ring substituents is 1. The van der Waals surface area contributed by atoms with Crippen molar-refractivity contribution >= 4 is 23.3 Å². The van der Waals surface area contributed by atoms with Gasteiger partial charge in [-0.1, -0.05) is 0 Å². The molecule has 1 aromatic rings. The van der Waals surface area contributed by atoms with Crippen molar-refractivity contribution < 1.29 is 28.7 Å². The van der Waals surface area contributed by atoms with Crippen LogP contribution in [0.2, 0.25) is 0 Å². The summed E-state index contributed by atoms with van der Waals surface area (Å²) in [6.45, 7) is 6.78. The van der Waals surface area contributed by atoms with Gasteiger partial charge >= 0.3 is 5.97 Å². The van der Waals surface area contributed by atoms with E-state index in [2.05, 4.69) is 0 Å². The second-order valence-corrected chi connectivity index (χ2v) is 6.66. The predicted octanol–water partition coefficient (Wildman–Crippen LogP) is 1.87. The molecule has 0 bridgehead atoms. The van der Waals surface area contributed by atoms with Crippen LogP contribution in [0.4, 0.5) is 11.4 Å². The number of nitrogens with zero attached hydrogens (tertiary/aromatic N) is 2. The molecule has 0 spiro atoms. The minimum absolute atomic E-state index is 0.121. The van der Waals surface area contributed by atoms with Crippen LogP contribution in [0.15, 0.2) is 18.2 Å². The standard InChI is InChI=1S/C17H20N2O7/c1-5-24-14(20)13(15-25-9(2)26-15)18-12-7-6-10(19(22)23)8-11(12)17(3,4)16(18)21/h6-9,13,15H,5H2,1-4H3. The van der Waals surface area contributed by atoms with Gasteiger partial charge < -0.3 is 14.2 Å². The van der Waals surface area contributed by atoms with Gasteiger partial charge in [-0.3, -0.25) is 19.8 Å². The number of fused-ring (bicyclic) bond motifs is 1. The third-order valence-electron chi connectivity index (χ3n) is 4.59. The lowest BCUT2D eigenvalue weighted by Crippen LogP contribution is -2.60. The van der Waals surface area contributed by atoms with Crippen LogP contribution in [0.25, 0.3) is 0 Å². The minimum atomic E-state index is -1.12. The molecule has 2 heterocycles. The molecule has 9 nitrogen and oxygen atoms in total. The van der Waals surface area contributed by atoms with Crippen LogP contribution in [0.5, 0.6) is 0 Å². The molecule has 0 N–H and O–H groups in total. The SMILES string of the molecule is CCOC(=O)C(C1OC(C)O1)N1C(=O)C(C)(C)c2cc([N+](=O)[O-])ccc21. The van der Waals surface area contributed by atoms with Gasteiger partial charge in [0.1, 0.15) is 0 Å². The van der Waals surface area contributed by atoms with E-state index in [0.29, 0.717) is 11.3 Å². The topological polar surface area (TPSA) is 108 Å². The number of anilines is 1. The van der Waals surface area contributed by atoms with Gasteiger partial charge in [-0.25, -0.2) is 4.79 Å². The number of nitro groups is 1. The predicted molar refractivity (Wildman–Crippen MR) is 89.4 cm³/mol. The Morgan fingerprint density at radius 2 is 2.08 bits per heavy atom. The number of hydrogen-bond donors (Lipinski definition) is 0. The molecule has 1 aromatic carbocycles. The maximum absolute atomic E-state index is 13.1. The number of rotatable bonds is 5. The van der Waals surface area contributed by atoms with E-state index in [1.807, 2.05) is 0 Å². The first-order valence-electron chi connectivity index (χ1n) is 8.28. The Bertz CT molecular complexity index is 770. The highest BCUT2D eigenvalue weighted by Gasteiger charge is 2.54. The molecule has 2 aliphatic rings. The second kappa shape index (κ2) is 6.33. The fraction of sp³-hybridized carbons (Fsp3) is 0.529. The molecular weight excluding hydrogens is 344 g/mol. The zero-order valence-corrected chi connectivity index (χ0v) is 14.9. The average Bonchev–Trinajstić information content (AvgIpc) is 2.74. The van der Waals surface area contributed by atoms with Crippen LogP contribution < -0.4 is 4.90 Å². The van der Waals surface area contributed by atoms with E-state index in [1.54, 1.807) is 27.7 Å². The van der Waals surface area contributed by atoms with Crippen LogP contribution in [-0.2, 0) is 29.2 Å². The lowest BCUT2D eigenvalue weighted by atomic mass is 9.86. The first kappa shape index (κ1) is 18.3. The van der Waals surface area contributed by atoms with Crippen LogP contribution in [0.1, 0.15) is 33.3 Å². The van der Waals surface area contributed by atoms with Gasteiger partial charge in [0.25, 0.3) is 5.69 Å². The van der Waals surface area contributed by atoms with E-state index >= 15 is 0 Å². The molecule has 9 heteroatoms. The highest BCUT2D eigenvalue weighted by atomic mass is 16.9. The van der Waals surface area contributed by atoms with E-state index in [4.69, 9.17) is 14.2 Å². The molecule has 1 saturated heterocycles. The van der Waals surface area contributed by atoms with Gasteiger partial charge in [0.05, 0.1) is 16.9 Å². The van der Waals surface area contributed by atoms with Crippen molar-refractivity contribution in [2.45, 2.75) is 51.7 Å². The van der Waals surface area contributed by atoms with Crippen LogP contribution in [0, 0.1) is 10.1 Å². The van der Waals surface area contributed by atoms with E-state index in [1.165, 1.54) is 23.1 Å². The molecule has 1 fully saturated rings. The molecule has 1 unspecified atom stereocenters. The van der Waals surface area contributed by atoms with Crippen molar-refractivity contribution in [2.24, 2.45) is 0 Å². The summed E-state index contributed by atoms with van der Waals surface area (Å²) < 4.78 is 16.0. The second-order valence-electron chi connectivity index (χ2n) is 6.66. The van der Waals surface area contributed by atoms with Gasteiger partial charge in [0.15, 0.2) is 18.6 Å². The molecule has 26 heavy (non-hydrogen) atoms. The number of carbonyl (C=O) groups excluding carboxylic acids is 2. The smallest absolute Gasteiger partial charge is 0.334 e. The third kappa shape index (κ3) is 2.73. The summed E-state index contributed by atoms with van der Waals surface area (Å²) >= 11 is 0. The molecule has 0 saturated carbocycles. The summed E-state index contributed by atoms with van der Waals surface area (Å²) in [5.41, 5.74) is -0.278. The summed E-state index contributed by atoms with van der Waals surface area (Å²) in [6.07, 6.45) is -1.44. The largest absolute Gasteiger partial charge is 0.464 e. The van der Waals surface area contributed by atoms with Crippen LogP contribution in [0.3, 0.4) is 0 Å². The summed E-state index contributed by atoms with van der Waals surface area (Å²) in [5, 5.41) is 11.1. The maximum atomic E-state index is 13.1. The van der Waals surface area contributed by atoms with E-state index in [-0.39, 0.29) is 18.2 Å². The maximum Gasteiger partial charge on any atom is 0.334 e. The Hall–Kier alpha value is -2.52. The van der Waals surface area contributed by atoms with Crippen molar-refractivity contribution in [1.29, 1.82) is 0 Å². The molecule has 0 aliphatic carbocycles. The molecule has 140 valence electrons. The number of esters is 1. The van der Waals surface area contributed by atoms with Crippen molar-refractivity contribution in [3.63, 3.8) is 0 Å². The van der Waals surface area contributed by atoms with Gasteiger partial charge in [0.2, 0.25) is 5.91 Å². The molecule has 1 amide bonds. The lowest BCUT2D eigenvalue weighted by Gasteiger charge is -2.41. The Morgan fingerprint density at radius 1 is 1.42 bits per heavy atom. The zero-order valence-electron chi connectivity index (χ0n) is 14.9. The van der Waals surface area contributed by atoms with Crippen molar-refractivity contribution in [1.82, 2.24) is 0 Å². The Kier molecular flexibility index (Phi) is 4.45. The van der Waals surface area contributed by atoms with Crippen molar-refractivity contribution in [3.05, 3.63) is 33.9 Å². The van der Waals surface area contributed by atoms with E-state index in [9.17, 15) is 19.7 Å². The Labute approximate surface area is 150 Å². The summed E-state index contributed by atoms with van der Waals surface area (Å²) in [7, 11) is 0. The number of non-ortho nitro benzene ring substituents is 1. The highest BCUT2D eigenvalue weighted by Crippen LogP contribution is 2.45. The van der Waals surface area contributed by atoms with Crippen LogP contribution in [-0.4, -0.2) is 42.0 Å². The number of amides is 1. The Morgan fingerprint density at radius 3 is 2.62 bits per heavy atom. The Balaban J connectivity index is 2.07. The van der Waals surface area contributed by atoms with Gasteiger partial charge in [-0.05, 0) is 39.3 Å². The molecule has 0 aromatic heterocycles. The first-order chi connectivity index (χ1) is 12.2. The van der Waals surface area contributed by atoms with Gasteiger partial charge in [-0.15, -0.1) is 0 Å². The lowest BCUT2D eigenvalue weighted by molar-refractivity contribution is -0.384. The number of benzene rings is 1. The number of hydrogen-bond acceptors (Lipinski definition) is 7. The minimum Gasteiger partial charge on any atom is -0.464 e. The fourth-order valence-corrected chi connectivity index (χ4v) is 3.25. The molecule has 2 aliphatic heterocycles. The van der Waals surface area contributed by atoms with Gasteiger partial charge in [-0.2, -0.15) is 0 Å². The summed E-state index contributed by atoms with van der Waals surface area (Å²) in [4.78, 5) is 37.5. The molecule has 3 rings (SSSR count). The summed E-state index contributed by atoms with van der Waals surface area (Å²) in [6, 6.07) is 3.00. The first-order valence-corrected chi connectivity index (χ1v) is 8.28. The molecule has 1 atom stereocenters. The number of ether oxygens (including phenoxy) is 3. The third-order valence-corrected chi connectivity index (χ3v) is 4.59. The number of carbonyl (C=O) groups is 2. The molecular formula is C17H20N2O7. The zero-order chi connectivity index (χ0) is 19.2. The van der Waals surface area contributed by atoms with E-state index in [0.717, 1.165) is 0 Å². The highest BCUT2D eigenvalue weighted by molar-refractivity contribution is 6.11. The van der Waals surface area contributed by atoms with E-state index < -0.39 is 34.9 Å². The fourth-order valence-electron chi connectivity index (χ4n) is 3.25. The summed E-state index contributed by atoms with van der Waals surface area (Å²) in [5.74, 6) is -1.03. The normalized spacial score (nSPS) is 24.6. The molecule has 0 radical (unpaired) electrons. The monoisotopic (exact) mass is 364 g/mol. The quantitative estimate of drug-likeness (QED) is 0.446. The van der Waals surface area contributed by atoms with Crippen molar-refractivity contribution in [3.8, 4) is 0 Å². The van der Waals surface area contributed by atoms with Crippen LogP contribution >= 0.6 is 0 Å². The average molecular weight is 364 g/mol.